The van der Waals surface area contributed by atoms with E-state index in [1.165, 1.54) is 6.42 Å². The van der Waals surface area contributed by atoms with Crippen molar-refractivity contribution in [3.05, 3.63) is 30.1 Å². The number of sulfone groups is 1. The quantitative estimate of drug-likeness (QED) is 0.901. The second kappa shape index (κ2) is 7.51. The summed E-state index contributed by atoms with van der Waals surface area (Å²) in [5.41, 5.74) is 0.917. The van der Waals surface area contributed by atoms with Crippen molar-refractivity contribution >= 4 is 15.9 Å². The van der Waals surface area contributed by atoms with E-state index in [1.54, 1.807) is 17.3 Å². The van der Waals surface area contributed by atoms with Gasteiger partial charge in [0.1, 0.15) is 0 Å². The van der Waals surface area contributed by atoms with E-state index >= 15 is 0 Å². The van der Waals surface area contributed by atoms with E-state index in [9.17, 15) is 13.2 Å². The molecule has 2 heterocycles. The van der Waals surface area contributed by atoms with Crippen LogP contribution < -0.4 is 5.32 Å². The van der Waals surface area contributed by atoms with Crippen LogP contribution in [0, 0.1) is 0 Å². The van der Waals surface area contributed by atoms with Crippen LogP contribution in [0.1, 0.15) is 44.1 Å². The molecule has 1 saturated carbocycles. The van der Waals surface area contributed by atoms with Crippen LogP contribution in [0.15, 0.2) is 24.5 Å². The van der Waals surface area contributed by atoms with Crippen molar-refractivity contribution in [3.63, 3.8) is 0 Å². The maximum atomic E-state index is 12.8. The van der Waals surface area contributed by atoms with Crippen molar-refractivity contribution in [1.29, 1.82) is 0 Å². The first kappa shape index (κ1) is 17.2. The molecule has 1 saturated heterocycles. The maximum Gasteiger partial charge on any atom is 0.318 e. The summed E-state index contributed by atoms with van der Waals surface area (Å²) in [6, 6.07) is 3.56. The van der Waals surface area contributed by atoms with Crippen LogP contribution in [0.3, 0.4) is 0 Å². The summed E-state index contributed by atoms with van der Waals surface area (Å²) >= 11 is 0. The first-order chi connectivity index (χ1) is 11.5. The van der Waals surface area contributed by atoms with Gasteiger partial charge in [0.2, 0.25) is 0 Å². The largest absolute Gasteiger partial charge is 0.335 e. The zero-order valence-corrected chi connectivity index (χ0v) is 14.7. The summed E-state index contributed by atoms with van der Waals surface area (Å²) in [7, 11) is -3.04. The minimum absolute atomic E-state index is 0.0609. The van der Waals surface area contributed by atoms with Gasteiger partial charge in [-0.1, -0.05) is 25.3 Å². The third-order valence-electron chi connectivity index (χ3n) is 4.92. The Morgan fingerprint density at radius 2 is 2.04 bits per heavy atom. The minimum Gasteiger partial charge on any atom is -0.335 e. The molecule has 6 nitrogen and oxygen atoms in total. The van der Waals surface area contributed by atoms with Crippen molar-refractivity contribution in [2.24, 2.45) is 0 Å². The molecule has 1 N–H and O–H groups in total. The third kappa shape index (κ3) is 4.47. The van der Waals surface area contributed by atoms with E-state index in [1.807, 2.05) is 12.1 Å². The Balaban J connectivity index is 1.72. The lowest BCUT2D eigenvalue weighted by molar-refractivity contribution is 0.169. The van der Waals surface area contributed by atoms with Crippen LogP contribution in [-0.2, 0) is 16.4 Å². The molecule has 1 atom stereocenters. The van der Waals surface area contributed by atoms with Crippen LogP contribution in [0.4, 0.5) is 4.79 Å². The van der Waals surface area contributed by atoms with E-state index in [4.69, 9.17) is 0 Å². The fourth-order valence-corrected chi connectivity index (χ4v) is 5.31. The molecule has 2 amide bonds. The van der Waals surface area contributed by atoms with Crippen molar-refractivity contribution in [1.82, 2.24) is 15.2 Å². The SMILES string of the molecule is O=C(NC1CCCCC1)N(Cc1cccnc1)[C@H]1CCS(=O)(=O)C1. The highest BCUT2D eigenvalue weighted by atomic mass is 32.2. The molecule has 3 rings (SSSR count). The van der Waals surface area contributed by atoms with Gasteiger partial charge in [0.05, 0.1) is 11.5 Å². The van der Waals surface area contributed by atoms with E-state index in [0.717, 1.165) is 31.2 Å². The molecule has 1 aromatic rings. The van der Waals surface area contributed by atoms with Gasteiger partial charge in [0.25, 0.3) is 0 Å². The Morgan fingerprint density at radius 1 is 1.25 bits per heavy atom. The average Bonchev–Trinajstić information content (AvgIpc) is 2.94. The summed E-state index contributed by atoms with van der Waals surface area (Å²) in [5.74, 6) is 0.225. The van der Waals surface area contributed by atoms with Crippen LogP contribution in [0.5, 0.6) is 0 Å². The normalized spacial score (nSPS) is 23.8. The second-order valence-electron chi connectivity index (χ2n) is 6.83. The molecular formula is C17H25N3O3S. The van der Waals surface area contributed by atoms with Gasteiger partial charge < -0.3 is 10.2 Å². The average molecular weight is 351 g/mol. The zero-order chi connectivity index (χ0) is 17.0. The van der Waals surface area contributed by atoms with Crippen molar-refractivity contribution in [2.75, 3.05) is 11.5 Å². The number of nitrogens with zero attached hydrogens (tertiary/aromatic N) is 2. The van der Waals surface area contributed by atoms with Crippen LogP contribution in [0.25, 0.3) is 0 Å². The fourth-order valence-electron chi connectivity index (χ4n) is 3.58. The summed E-state index contributed by atoms with van der Waals surface area (Å²) in [4.78, 5) is 18.6. The Bertz CT molecular complexity index is 657. The van der Waals surface area contributed by atoms with Gasteiger partial charge in [-0.2, -0.15) is 0 Å². The predicted molar refractivity (Wildman–Crippen MR) is 92.2 cm³/mol. The Labute approximate surface area is 143 Å². The highest BCUT2D eigenvalue weighted by Gasteiger charge is 2.35. The van der Waals surface area contributed by atoms with Crippen molar-refractivity contribution in [2.45, 2.75) is 57.2 Å². The second-order valence-corrected chi connectivity index (χ2v) is 9.06. The molecule has 132 valence electrons. The summed E-state index contributed by atoms with van der Waals surface area (Å²) < 4.78 is 23.7. The van der Waals surface area contributed by atoms with Gasteiger partial charge >= 0.3 is 6.03 Å². The molecule has 2 fully saturated rings. The number of aromatic nitrogens is 1. The van der Waals surface area contributed by atoms with Crippen molar-refractivity contribution in [3.8, 4) is 0 Å². The molecule has 7 heteroatoms. The molecule has 1 aliphatic heterocycles. The van der Waals surface area contributed by atoms with Gasteiger partial charge in [-0.3, -0.25) is 4.98 Å². The molecule has 0 bridgehead atoms. The van der Waals surface area contributed by atoms with Crippen LogP contribution in [-0.4, -0.2) is 47.9 Å². The number of pyridine rings is 1. The number of hydrogen-bond acceptors (Lipinski definition) is 4. The van der Waals surface area contributed by atoms with Gasteiger partial charge in [0.15, 0.2) is 9.84 Å². The van der Waals surface area contributed by atoms with E-state index in [-0.39, 0.29) is 29.6 Å². The Kier molecular flexibility index (Phi) is 5.38. The molecule has 0 spiro atoms. The maximum absolute atomic E-state index is 12.8. The van der Waals surface area contributed by atoms with Gasteiger partial charge in [-0.05, 0) is 30.9 Å². The molecule has 0 unspecified atom stereocenters. The van der Waals surface area contributed by atoms with Crippen LogP contribution in [0.2, 0.25) is 0 Å². The number of hydrogen-bond donors (Lipinski definition) is 1. The fraction of sp³-hybridized carbons (Fsp3) is 0.647. The predicted octanol–water partition coefficient (Wildman–Crippen LogP) is 2.11. The highest BCUT2D eigenvalue weighted by molar-refractivity contribution is 7.91. The van der Waals surface area contributed by atoms with Crippen molar-refractivity contribution < 1.29 is 13.2 Å². The van der Waals surface area contributed by atoms with E-state index in [0.29, 0.717) is 13.0 Å². The molecule has 0 radical (unpaired) electrons. The highest BCUT2D eigenvalue weighted by Crippen LogP contribution is 2.22. The van der Waals surface area contributed by atoms with Gasteiger partial charge in [0, 0.05) is 31.0 Å². The standard InChI is InChI=1S/C17H25N3O3S/c21-17(19-15-6-2-1-3-7-15)20(12-14-5-4-9-18-11-14)16-8-10-24(22,23)13-16/h4-5,9,11,15-16H,1-3,6-8,10,12-13H2,(H,19,21)/t16-/m0/s1. The summed E-state index contributed by atoms with van der Waals surface area (Å²) in [6.07, 6.45) is 9.47. The molecule has 0 aromatic carbocycles. The van der Waals surface area contributed by atoms with Crippen LogP contribution >= 0.6 is 0 Å². The Hall–Kier alpha value is -1.63. The lowest BCUT2D eigenvalue weighted by Crippen LogP contribution is -2.49. The van der Waals surface area contributed by atoms with Gasteiger partial charge in [-0.25, -0.2) is 13.2 Å². The van der Waals surface area contributed by atoms with Gasteiger partial charge in [-0.15, -0.1) is 0 Å². The summed E-state index contributed by atoms with van der Waals surface area (Å²) in [6.45, 7) is 0.395. The third-order valence-corrected chi connectivity index (χ3v) is 6.67. The molecular weight excluding hydrogens is 326 g/mol. The summed E-state index contributed by atoms with van der Waals surface area (Å²) in [5, 5.41) is 3.12. The zero-order valence-electron chi connectivity index (χ0n) is 13.9. The minimum atomic E-state index is -3.04. The smallest absolute Gasteiger partial charge is 0.318 e. The molecule has 1 aromatic heterocycles. The monoisotopic (exact) mass is 351 g/mol. The number of urea groups is 1. The Morgan fingerprint density at radius 3 is 2.67 bits per heavy atom. The number of rotatable bonds is 4. The van der Waals surface area contributed by atoms with E-state index in [2.05, 4.69) is 10.3 Å². The lowest BCUT2D eigenvalue weighted by atomic mass is 9.96. The number of carbonyl (C=O) groups is 1. The molecule has 24 heavy (non-hydrogen) atoms. The molecule has 2 aliphatic rings. The number of nitrogens with one attached hydrogen (secondary N) is 1. The lowest BCUT2D eigenvalue weighted by Gasteiger charge is -2.31. The first-order valence-electron chi connectivity index (χ1n) is 8.70. The topological polar surface area (TPSA) is 79.4 Å². The number of amides is 2. The number of carbonyl (C=O) groups excluding carboxylic acids is 1. The first-order valence-corrected chi connectivity index (χ1v) is 10.5. The molecule has 1 aliphatic carbocycles. The van der Waals surface area contributed by atoms with E-state index < -0.39 is 9.84 Å².